The van der Waals surface area contributed by atoms with Crippen LogP contribution in [0.3, 0.4) is 0 Å². The van der Waals surface area contributed by atoms with Crippen molar-refractivity contribution < 1.29 is 8.78 Å². The quantitative estimate of drug-likeness (QED) is 0.173. The predicted molar refractivity (Wildman–Crippen MR) is 270 cm³/mol. The smallest absolute Gasteiger partial charge is 0.238 e. The van der Waals surface area contributed by atoms with Crippen LogP contribution in [0, 0.1) is 11.6 Å². The fourth-order valence-corrected chi connectivity index (χ4v) is 12.8. The second kappa shape index (κ2) is 14.3. The van der Waals surface area contributed by atoms with E-state index < -0.39 is 0 Å². The van der Waals surface area contributed by atoms with Crippen LogP contribution in [0.15, 0.2) is 170 Å². The lowest BCUT2D eigenvalue weighted by Gasteiger charge is -2.18. The SMILES string of the molecule is Fc1cccc2c1sc1c(-c3nc(-c4cccc5c4sc4c(F)cccc45)nc(-n4c5c(c6ccccc64)C=C(c4ccc6c(c4)c4ccccc4n6-c4ccccc4)CC5)n3)cccc12. The molecule has 1 aliphatic rings. The molecule has 0 unspecified atom stereocenters. The van der Waals surface area contributed by atoms with Gasteiger partial charge in [0.25, 0.3) is 0 Å². The Morgan fingerprint density at radius 2 is 0.955 bits per heavy atom. The number of hydrogen-bond donors (Lipinski definition) is 0. The van der Waals surface area contributed by atoms with E-state index in [4.69, 9.17) is 15.0 Å². The van der Waals surface area contributed by atoms with E-state index in [9.17, 15) is 0 Å². The number of allylic oxidation sites excluding steroid dienone is 1. The maximum Gasteiger partial charge on any atom is 0.238 e. The number of rotatable bonds is 5. The molecule has 0 spiro atoms. The highest BCUT2D eigenvalue weighted by Gasteiger charge is 2.26. The van der Waals surface area contributed by atoms with Crippen molar-refractivity contribution in [1.82, 2.24) is 24.1 Å². The normalized spacial score (nSPS) is 13.0. The summed E-state index contributed by atoms with van der Waals surface area (Å²) in [4.78, 5) is 16.0. The van der Waals surface area contributed by atoms with E-state index >= 15 is 8.78 Å². The van der Waals surface area contributed by atoms with E-state index in [0.717, 1.165) is 82.8 Å². The van der Waals surface area contributed by atoms with Crippen molar-refractivity contribution in [2.45, 2.75) is 12.8 Å². The van der Waals surface area contributed by atoms with Crippen LogP contribution in [0.25, 0.3) is 119 Å². The highest BCUT2D eigenvalue weighted by Crippen LogP contribution is 2.45. The van der Waals surface area contributed by atoms with Gasteiger partial charge >= 0.3 is 0 Å². The molecule has 0 amide bonds. The summed E-state index contributed by atoms with van der Waals surface area (Å²) in [5.41, 5.74) is 10.8. The summed E-state index contributed by atoms with van der Waals surface area (Å²) in [6.45, 7) is 0. The number of halogens is 2. The average Bonchev–Trinajstić information content (AvgIpc) is 4.13. The standard InChI is InChI=1S/C57H33F2N5S2/c58-45-22-10-18-39-37-16-8-20-41(51(37)65-53(39)45)55-60-56(42-21-9-17-38-40-19-11-23-46(59)54(40)66-52(38)42)62-57(61-55)64-48-25-7-5-15-36(48)44-31-33(27-29-50(44)64)32-26-28-49-43(30-32)35-14-4-6-24-47(35)63(49)34-12-2-1-3-13-34/h1-26,28,30-31H,27,29H2. The summed E-state index contributed by atoms with van der Waals surface area (Å²) in [7, 11) is 0. The highest BCUT2D eigenvalue weighted by atomic mass is 32.1. The van der Waals surface area contributed by atoms with Crippen molar-refractivity contribution in [2.24, 2.45) is 0 Å². The molecule has 13 aromatic rings. The van der Waals surface area contributed by atoms with E-state index in [-0.39, 0.29) is 11.6 Å². The van der Waals surface area contributed by atoms with Gasteiger partial charge in [-0.25, -0.2) is 13.8 Å². The Kier molecular flexibility index (Phi) is 8.14. The molecule has 0 fully saturated rings. The lowest BCUT2D eigenvalue weighted by Crippen LogP contribution is -2.11. The first-order chi connectivity index (χ1) is 32.6. The van der Waals surface area contributed by atoms with Gasteiger partial charge in [-0.3, -0.25) is 4.57 Å². The lowest BCUT2D eigenvalue weighted by atomic mass is 9.90. The summed E-state index contributed by atoms with van der Waals surface area (Å²) in [6, 6.07) is 57.1. The lowest BCUT2D eigenvalue weighted by molar-refractivity contribution is 0.641. The fourth-order valence-electron chi connectivity index (χ4n) is 10.3. The summed E-state index contributed by atoms with van der Waals surface area (Å²) >= 11 is 2.83. The molecule has 5 aromatic heterocycles. The molecule has 5 nitrogen and oxygen atoms in total. The van der Waals surface area contributed by atoms with E-state index in [0.29, 0.717) is 27.0 Å². The van der Waals surface area contributed by atoms with Crippen molar-refractivity contribution in [3.63, 3.8) is 0 Å². The fraction of sp³-hybridized carbons (Fsp3) is 0.0351. The van der Waals surface area contributed by atoms with Gasteiger partial charge in [0.05, 0.1) is 25.9 Å². The minimum absolute atomic E-state index is 0.253. The van der Waals surface area contributed by atoms with Crippen LogP contribution < -0.4 is 0 Å². The molecule has 5 heterocycles. The van der Waals surface area contributed by atoms with Gasteiger partial charge in [0.15, 0.2) is 11.6 Å². The Balaban J connectivity index is 0.985. The third kappa shape index (κ3) is 5.50. The maximum absolute atomic E-state index is 15.3. The summed E-state index contributed by atoms with van der Waals surface area (Å²) in [5.74, 6) is 0.957. The van der Waals surface area contributed by atoms with Crippen LogP contribution >= 0.6 is 22.7 Å². The Labute approximate surface area is 383 Å². The van der Waals surface area contributed by atoms with Gasteiger partial charge in [0.1, 0.15) is 11.6 Å². The molecule has 0 aliphatic heterocycles. The molecular formula is C57H33F2N5S2. The zero-order chi connectivity index (χ0) is 43.6. The van der Waals surface area contributed by atoms with Gasteiger partial charge in [0, 0.05) is 75.2 Å². The average molecular weight is 890 g/mol. The molecule has 0 radical (unpaired) electrons. The largest absolute Gasteiger partial charge is 0.309 e. The van der Waals surface area contributed by atoms with Gasteiger partial charge in [0.2, 0.25) is 5.95 Å². The van der Waals surface area contributed by atoms with Crippen LogP contribution in [0.5, 0.6) is 0 Å². The van der Waals surface area contributed by atoms with Crippen LogP contribution in [0.4, 0.5) is 8.78 Å². The molecule has 14 rings (SSSR count). The summed E-state index contributed by atoms with van der Waals surface area (Å²) < 4.78 is 38.2. The highest BCUT2D eigenvalue weighted by molar-refractivity contribution is 7.26. The molecule has 312 valence electrons. The van der Waals surface area contributed by atoms with E-state index in [2.05, 4.69) is 112 Å². The third-order valence-corrected chi connectivity index (χ3v) is 15.8. The van der Waals surface area contributed by atoms with Crippen LogP contribution in [0.1, 0.15) is 23.2 Å². The number of hydrogen-bond acceptors (Lipinski definition) is 5. The van der Waals surface area contributed by atoms with Gasteiger partial charge < -0.3 is 4.57 Å². The first kappa shape index (κ1) is 37.5. The summed E-state index contributed by atoms with van der Waals surface area (Å²) in [5, 5.41) is 7.17. The Morgan fingerprint density at radius 1 is 0.424 bits per heavy atom. The van der Waals surface area contributed by atoms with Gasteiger partial charge in [-0.1, -0.05) is 109 Å². The third-order valence-electron chi connectivity index (χ3n) is 13.3. The minimum Gasteiger partial charge on any atom is -0.309 e. The van der Waals surface area contributed by atoms with E-state index in [1.807, 2.05) is 48.5 Å². The summed E-state index contributed by atoms with van der Waals surface area (Å²) in [6.07, 6.45) is 3.93. The predicted octanol–water partition coefficient (Wildman–Crippen LogP) is 15.7. The zero-order valence-corrected chi connectivity index (χ0v) is 36.6. The first-order valence-electron chi connectivity index (χ1n) is 21.9. The van der Waals surface area contributed by atoms with Crippen molar-refractivity contribution in [1.29, 1.82) is 0 Å². The molecular weight excluding hydrogens is 857 g/mol. The Hall–Kier alpha value is -7.85. The minimum atomic E-state index is -0.253. The molecule has 9 heteroatoms. The number of benzene rings is 8. The second-order valence-electron chi connectivity index (χ2n) is 16.9. The number of aromatic nitrogens is 5. The topological polar surface area (TPSA) is 48.5 Å². The second-order valence-corrected chi connectivity index (χ2v) is 18.9. The molecule has 0 saturated carbocycles. The van der Waals surface area contributed by atoms with Crippen molar-refractivity contribution in [3.8, 4) is 34.4 Å². The molecule has 1 aliphatic carbocycles. The van der Waals surface area contributed by atoms with Gasteiger partial charge in [-0.05, 0) is 90.7 Å². The van der Waals surface area contributed by atoms with Crippen molar-refractivity contribution >= 4 is 107 Å². The molecule has 0 N–H and O–H groups in total. The molecule has 66 heavy (non-hydrogen) atoms. The van der Waals surface area contributed by atoms with Crippen molar-refractivity contribution in [2.75, 3.05) is 0 Å². The van der Waals surface area contributed by atoms with Gasteiger partial charge in [-0.2, -0.15) is 9.97 Å². The molecule has 0 saturated heterocycles. The van der Waals surface area contributed by atoms with E-state index in [1.165, 1.54) is 67.7 Å². The molecule has 0 atom stereocenters. The molecule has 0 bridgehead atoms. The zero-order valence-electron chi connectivity index (χ0n) is 35.0. The monoisotopic (exact) mass is 889 g/mol. The molecule has 8 aromatic carbocycles. The maximum atomic E-state index is 15.3. The van der Waals surface area contributed by atoms with Crippen LogP contribution in [-0.4, -0.2) is 24.1 Å². The van der Waals surface area contributed by atoms with E-state index in [1.54, 1.807) is 12.1 Å². The van der Waals surface area contributed by atoms with Crippen molar-refractivity contribution in [3.05, 3.63) is 198 Å². The number of para-hydroxylation sites is 3. The Bertz CT molecular complexity index is 4080. The number of fused-ring (bicyclic) bond motifs is 12. The van der Waals surface area contributed by atoms with Gasteiger partial charge in [-0.15, -0.1) is 22.7 Å². The van der Waals surface area contributed by atoms with Crippen LogP contribution in [-0.2, 0) is 6.42 Å². The number of thiophene rings is 2. The first-order valence-corrected chi connectivity index (χ1v) is 23.6. The number of nitrogens with zero attached hydrogens (tertiary/aromatic N) is 5. The Morgan fingerprint density at radius 3 is 1.61 bits per heavy atom. The van der Waals surface area contributed by atoms with Crippen LogP contribution in [0.2, 0.25) is 0 Å².